The van der Waals surface area contributed by atoms with E-state index in [9.17, 15) is 14.3 Å². The average Bonchev–Trinajstić information content (AvgIpc) is 2.42. The van der Waals surface area contributed by atoms with Crippen LogP contribution in [0.3, 0.4) is 0 Å². The third kappa shape index (κ3) is 3.74. The van der Waals surface area contributed by atoms with Crippen LogP contribution in [0.2, 0.25) is 5.02 Å². The molecule has 3 nitrogen and oxygen atoms in total. The fourth-order valence-electron chi connectivity index (χ4n) is 3.22. The molecule has 5 heteroatoms. The minimum Gasteiger partial charge on any atom is -0.481 e. The van der Waals surface area contributed by atoms with Crippen LogP contribution < -0.4 is 0 Å². The SMILES string of the molecule is CCCC1(C(=O)O)CCCN(Cc2ccc(F)cc2Cl)C1. The number of aliphatic carboxylic acids is 1. The molecule has 1 unspecified atom stereocenters. The fourth-order valence-corrected chi connectivity index (χ4v) is 3.44. The summed E-state index contributed by atoms with van der Waals surface area (Å²) in [5.41, 5.74) is 0.190. The third-order valence-corrected chi connectivity index (χ3v) is 4.60. The van der Waals surface area contributed by atoms with Gasteiger partial charge in [-0.05, 0) is 43.5 Å². The number of hydrogen-bond acceptors (Lipinski definition) is 2. The zero-order chi connectivity index (χ0) is 15.5. The number of halogens is 2. The molecular formula is C16H21ClFNO2. The van der Waals surface area contributed by atoms with E-state index < -0.39 is 11.4 Å². The second-order valence-corrected chi connectivity index (χ2v) is 6.29. The van der Waals surface area contributed by atoms with Gasteiger partial charge in [0.25, 0.3) is 0 Å². The van der Waals surface area contributed by atoms with E-state index in [1.807, 2.05) is 6.92 Å². The molecular weight excluding hydrogens is 293 g/mol. The van der Waals surface area contributed by atoms with Crippen molar-refractivity contribution in [3.63, 3.8) is 0 Å². The van der Waals surface area contributed by atoms with Crippen molar-refractivity contribution in [2.75, 3.05) is 13.1 Å². The Morgan fingerprint density at radius 2 is 2.29 bits per heavy atom. The topological polar surface area (TPSA) is 40.5 Å². The van der Waals surface area contributed by atoms with Gasteiger partial charge in [-0.2, -0.15) is 0 Å². The summed E-state index contributed by atoms with van der Waals surface area (Å²) >= 11 is 6.06. The number of rotatable bonds is 5. The Labute approximate surface area is 129 Å². The normalized spacial score (nSPS) is 23.2. The maximum atomic E-state index is 13.1. The second-order valence-electron chi connectivity index (χ2n) is 5.89. The number of carboxylic acid groups (broad SMARTS) is 1. The summed E-state index contributed by atoms with van der Waals surface area (Å²) in [7, 11) is 0. The van der Waals surface area contributed by atoms with Crippen molar-refractivity contribution in [2.24, 2.45) is 5.41 Å². The van der Waals surface area contributed by atoms with Crippen molar-refractivity contribution in [3.05, 3.63) is 34.6 Å². The summed E-state index contributed by atoms with van der Waals surface area (Å²) in [5, 5.41) is 9.99. The number of likely N-dealkylation sites (tertiary alicyclic amines) is 1. The first-order valence-corrected chi connectivity index (χ1v) is 7.74. The Bertz CT molecular complexity index is 519. The maximum absolute atomic E-state index is 13.1. The van der Waals surface area contributed by atoms with Crippen LogP contribution in [0.25, 0.3) is 0 Å². The highest BCUT2D eigenvalue weighted by Gasteiger charge is 2.41. The standard InChI is InChI=1S/C16H21ClFNO2/c1-2-6-16(15(20)21)7-3-8-19(11-16)10-12-4-5-13(18)9-14(12)17/h4-5,9H,2-3,6-8,10-11H2,1H3,(H,20,21). The molecule has 1 heterocycles. The van der Waals surface area contributed by atoms with E-state index in [2.05, 4.69) is 4.90 Å². The van der Waals surface area contributed by atoms with Gasteiger partial charge in [-0.25, -0.2) is 4.39 Å². The summed E-state index contributed by atoms with van der Waals surface area (Å²) in [6, 6.07) is 4.37. The van der Waals surface area contributed by atoms with Crippen LogP contribution in [0.15, 0.2) is 18.2 Å². The van der Waals surface area contributed by atoms with Crippen LogP contribution >= 0.6 is 11.6 Å². The van der Waals surface area contributed by atoms with Gasteiger partial charge in [-0.3, -0.25) is 9.69 Å². The van der Waals surface area contributed by atoms with Crippen molar-refractivity contribution in [3.8, 4) is 0 Å². The zero-order valence-corrected chi connectivity index (χ0v) is 13.0. The van der Waals surface area contributed by atoms with Crippen molar-refractivity contribution in [1.82, 2.24) is 4.90 Å². The minimum atomic E-state index is -0.709. The highest BCUT2D eigenvalue weighted by atomic mass is 35.5. The summed E-state index contributed by atoms with van der Waals surface area (Å²) in [6.45, 7) is 3.97. The molecule has 2 rings (SSSR count). The van der Waals surface area contributed by atoms with Crippen LogP contribution in [0.1, 0.15) is 38.2 Å². The van der Waals surface area contributed by atoms with E-state index in [4.69, 9.17) is 11.6 Å². The lowest BCUT2D eigenvalue weighted by molar-refractivity contribution is -0.153. The first-order valence-electron chi connectivity index (χ1n) is 7.36. The van der Waals surface area contributed by atoms with E-state index in [-0.39, 0.29) is 5.82 Å². The van der Waals surface area contributed by atoms with Gasteiger partial charge in [0, 0.05) is 18.1 Å². The van der Waals surface area contributed by atoms with Gasteiger partial charge in [0.05, 0.1) is 5.41 Å². The van der Waals surface area contributed by atoms with Crippen molar-refractivity contribution in [1.29, 1.82) is 0 Å². The second kappa shape index (κ2) is 6.75. The quantitative estimate of drug-likeness (QED) is 0.895. The number of carboxylic acids is 1. The van der Waals surface area contributed by atoms with Gasteiger partial charge in [-0.1, -0.05) is 31.0 Å². The van der Waals surface area contributed by atoms with Crippen LogP contribution in [0, 0.1) is 11.2 Å². The maximum Gasteiger partial charge on any atom is 0.310 e. The third-order valence-electron chi connectivity index (χ3n) is 4.25. The molecule has 1 aliphatic heterocycles. The molecule has 0 bridgehead atoms. The highest BCUT2D eigenvalue weighted by Crippen LogP contribution is 2.36. The molecule has 21 heavy (non-hydrogen) atoms. The molecule has 0 amide bonds. The zero-order valence-electron chi connectivity index (χ0n) is 12.2. The van der Waals surface area contributed by atoms with E-state index in [1.54, 1.807) is 6.07 Å². The first kappa shape index (κ1) is 16.2. The smallest absolute Gasteiger partial charge is 0.310 e. The number of piperidine rings is 1. The van der Waals surface area contributed by atoms with E-state index >= 15 is 0 Å². The Morgan fingerprint density at radius 3 is 2.90 bits per heavy atom. The summed E-state index contributed by atoms with van der Waals surface area (Å²) in [6.07, 6.45) is 3.14. The van der Waals surface area contributed by atoms with Gasteiger partial charge >= 0.3 is 5.97 Å². The summed E-state index contributed by atoms with van der Waals surface area (Å²) in [4.78, 5) is 13.8. The molecule has 116 valence electrons. The number of benzene rings is 1. The molecule has 1 saturated heterocycles. The Hall–Kier alpha value is -1.13. The van der Waals surface area contributed by atoms with Crippen LogP contribution in [0.4, 0.5) is 4.39 Å². The summed E-state index contributed by atoms with van der Waals surface area (Å²) < 4.78 is 13.1. The molecule has 1 aromatic rings. The van der Waals surface area contributed by atoms with Crippen molar-refractivity contribution in [2.45, 2.75) is 39.2 Å². The van der Waals surface area contributed by atoms with Gasteiger partial charge in [0.1, 0.15) is 5.82 Å². The number of hydrogen-bond donors (Lipinski definition) is 1. The van der Waals surface area contributed by atoms with E-state index in [0.717, 1.165) is 31.4 Å². The molecule has 0 saturated carbocycles. The largest absolute Gasteiger partial charge is 0.481 e. The lowest BCUT2D eigenvalue weighted by atomic mass is 9.76. The molecule has 1 fully saturated rings. The number of nitrogens with zero attached hydrogens (tertiary/aromatic N) is 1. The fraction of sp³-hybridized carbons (Fsp3) is 0.562. The monoisotopic (exact) mass is 313 g/mol. The van der Waals surface area contributed by atoms with E-state index in [1.165, 1.54) is 12.1 Å². The van der Waals surface area contributed by atoms with Gasteiger partial charge in [0.15, 0.2) is 0 Å². The predicted molar refractivity (Wildman–Crippen MR) is 80.9 cm³/mol. The molecule has 0 aliphatic carbocycles. The van der Waals surface area contributed by atoms with Crippen LogP contribution in [-0.4, -0.2) is 29.1 Å². The van der Waals surface area contributed by atoms with Gasteiger partial charge < -0.3 is 5.11 Å². The Morgan fingerprint density at radius 1 is 1.52 bits per heavy atom. The van der Waals surface area contributed by atoms with Crippen molar-refractivity contribution >= 4 is 17.6 Å². The van der Waals surface area contributed by atoms with Gasteiger partial charge in [0.2, 0.25) is 0 Å². The lowest BCUT2D eigenvalue weighted by Crippen LogP contribution is -2.47. The molecule has 1 atom stereocenters. The Balaban J connectivity index is 2.12. The molecule has 1 aliphatic rings. The first-order chi connectivity index (χ1) is 9.97. The molecule has 1 aromatic carbocycles. The average molecular weight is 314 g/mol. The molecule has 0 radical (unpaired) electrons. The minimum absolute atomic E-state index is 0.353. The Kier molecular flexibility index (Phi) is 5.22. The van der Waals surface area contributed by atoms with Crippen LogP contribution in [-0.2, 0) is 11.3 Å². The molecule has 0 spiro atoms. The molecule has 1 N–H and O–H groups in total. The lowest BCUT2D eigenvalue weighted by Gasteiger charge is -2.40. The number of carbonyl (C=O) groups is 1. The summed E-state index contributed by atoms with van der Waals surface area (Å²) in [5.74, 6) is -1.06. The van der Waals surface area contributed by atoms with Gasteiger partial charge in [-0.15, -0.1) is 0 Å². The predicted octanol–water partition coefficient (Wildman–Crippen LogP) is 3.95. The highest BCUT2D eigenvalue weighted by molar-refractivity contribution is 6.31. The van der Waals surface area contributed by atoms with E-state index in [0.29, 0.717) is 24.5 Å². The molecule has 0 aromatic heterocycles. The van der Waals surface area contributed by atoms with Crippen molar-refractivity contribution < 1.29 is 14.3 Å². The van der Waals surface area contributed by atoms with Crippen LogP contribution in [0.5, 0.6) is 0 Å².